The van der Waals surface area contributed by atoms with E-state index in [0.29, 0.717) is 0 Å². The Morgan fingerprint density at radius 3 is 3.17 bits per heavy atom. The van der Waals surface area contributed by atoms with Gasteiger partial charge in [-0.2, -0.15) is 0 Å². The molecule has 66 valence electrons. The van der Waals surface area contributed by atoms with E-state index < -0.39 is 0 Å². The van der Waals surface area contributed by atoms with E-state index in [-0.39, 0.29) is 0 Å². The van der Waals surface area contributed by atoms with E-state index in [1.54, 1.807) is 0 Å². The first-order chi connectivity index (χ1) is 5.79. The first kappa shape index (κ1) is 7.80. The average molecular weight is 166 g/mol. The highest BCUT2D eigenvalue weighted by atomic mass is 16.4. The number of rotatable bonds is 1. The molecular weight excluding hydrogens is 152 g/mol. The smallest absolute Gasteiger partial charge is 0.191 e. The number of likely N-dealkylation sites (N-methyl/N-ethyl adjacent to an activating group) is 1. The third kappa shape index (κ3) is 1.25. The van der Waals surface area contributed by atoms with Gasteiger partial charge >= 0.3 is 0 Å². The van der Waals surface area contributed by atoms with Gasteiger partial charge in [-0.05, 0) is 6.54 Å². The van der Waals surface area contributed by atoms with Crippen molar-refractivity contribution < 1.29 is 4.42 Å². The molecule has 1 aromatic rings. The molecule has 0 radical (unpaired) electrons. The highest BCUT2D eigenvalue weighted by Crippen LogP contribution is 2.18. The number of hydrogen-bond donors (Lipinski definition) is 0. The molecule has 0 aromatic carbocycles. The zero-order valence-electron chi connectivity index (χ0n) is 7.63. The van der Waals surface area contributed by atoms with Gasteiger partial charge < -0.3 is 4.42 Å². The van der Waals surface area contributed by atoms with Crippen LogP contribution < -0.4 is 0 Å². The topological polar surface area (TPSA) is 29.3 Å². The molecule has 0 amide bonds. The van der Waals surface area contributed by atoms with Crippen LogP contribution in [0.15, 0.2) is 4.42 Å². The number of oxazole rings is 1. The fourth-order valence-electron chi connectivity index (χ4n) is 1.65. The molecule has 1 aromatic heterocycles. The summed E-state index contributed by atoms with van der Waals surface area (Å²) in [7, 11) is 0. The Morgan fingerprint density at radius 1 is 1.58 bits per heavy atom. The summed E-state index contributed by atoms with van der Waals surface area (Å²) in [6, 6.07) is 0. The molecule has 1 aliphatic heterocycles. The minimum absolute atomic E-state index is 0.804. The summed E-state index contributed by atoms with van der Waals surface area (Å²) in [5.41, 5.74) is 1.14. The van der Waals surface area contributed by atoms with Crippen molar-refractivity contribution in [3.63, 3.8) is 0 Å². The molecule has 0 saturated carbocycles. The minimum Gasteiger partial charge on any atom is -0.446 e. The molecule has 0 saturated heterocycles. The van der Waals surface area contributed by atoms with Gasteiger partial charge in [0.15, 0.2) is 5.89 Å². The van der Waals surface area contributed by atoms with Gasteiger partial charge in [-0.25, -0.2) is 4.98 Å². The lowest BCUT2D eigenvalue weighted by Gasteiger charge is -2.22. The molecule has 0 fully saturated rings. The summed E-state index contributed by atoms with van der Waals surface area (Å²) in [6.45, 7) is 7.26. The van der Waals surface area contributed by atoms with Crippen molar-refractivity contribution in [1.82, 2.24) is 9.88 Å². The van der Waals surface area contributed by atoms with Crippen LogP contribution in [0, 0.1) is 6.92 Å². The molecule has 12 heavy (non-hydrogen) atoms. The summed E-state index contributed by atoms with van der Waals surface area (Å²) in [6.07, 6.45) is 1.02. The van der Waals surface area contributed by atoms with E-state index in [0.717, 1.165) is 43.4 Å². The van der Waals surface area contributed by atoms with Crippen molar-refractivity contribution in [2.45, 2.75) is 26.8 Å². The molecule has 2 heterocycles. The summed E-state index contributed by atoms with van der Waals surface area (Å²) in [5.74, 6) is 1.90. The molecule has 0 N–H and O–H groups in total. The Balaban J connectivity index is 2.22. The molecule has 0 aliphatic carbocycles. The van der Waals surface area contributed by atoms with Gasteiger partial charge in [0.1, 0.15) is 5.76 Å². The van der Waals surface area contributed by atoms with Crippen LogP contribution in [0.5, 0.6) is 0 Å². The molecule has 1 aliphatic rings. The fourth-order valence-corrected chi connectivity index (χ4v) is 1.65. The molecule has 3 heteroatoms. The first-order valence-electron chi connectivity index (χ1n) is 4.47. The van der Waals surface area contributed by atoms with Gasteiger partial charge in [-0.15, -0.1) is 0 Å². The van der Waals surface area contributed by atoms with Crippen LogP contribution in [0.1, 0.15) is 24.3 Å². The van der Waals surface area contributed by atoms with Crippen molar-refractivity contribution in [3.05, 3.63) is 17.3 Å². The second-order valence-corrected chi connectivity index (χ2v) is 3.22. The van der Waals surface area contributed by atoms with Crippen LogP contribution in [-0.2, 0) is 13.0 Å². The van der Waals surface area contributed by atoms with Gasteiger partial charge in [0.25, 0.3) is 0 Å². The zero-order chi connectivity index (χ0) is 8.55. The molecule has 0 unspecified atom stereocenters. The van der Waals surface area contributed by atoms with Crippen molar-refractivity contribution in [2.24, 2.45) is 0 Å². The highest BCUT2D eigenvalue weighted by Gasteiger charge is 2.19. The number of aryl methyl sites for hydroxylation is 1. The van der Waals surface area contributed by atoms with E-state index >= 15 is 0 Å². The molecule has 0 atom stereocenters. The van der Waals surface area contributed by atoms with Crippen LogP contribution in [0.25, 0.3) is 0 Å². The van der Waals surface area contributed by atoms with Crippen molar-refractivity contribution in [3.8, 4) is 0 Å². The van der Waals surface area contributed by atoms with Crippen molar-refractivity contribution in [1.29, 1.82) is 0 Å². The van der Waals surface area contributed by atoms with E-state index in [1.165, 1.54) is 0 Å². The molecular formula is C9H14N2O. The summed E-state index contributed by atoms with van der Waals surface area (Å²) in [5, 5.41) is 0. The van der Waals surface area contributed by atoms with Crippen molar-refractivity contribution in [2.75, 3.05) is 13.1 Å². The molecule has 0 spiro atoms. The molecule has 2 rings (SSSR count). The van der Waals surface area contributed by atoms with Crippen LogP contribution in [0.4, 0.5) is 0 Å². The third-order valence-electron chi connectivity index (χ3n) is 2.36. The minimum atomic E-state index is 0.804. The zero-order valence-corrected chi connectivity index (χ0v) is 7.63. The lowest BCUT2D eigenvalue weighted by Crippen LogP contribution is -2.29. The van der Waals surface area contributed by atoms with Crippen LogP contribution >= 0.6 is 0 Å². The summed E-state index contributed by atoms with van der Waals surface area (Å²) in [4.78, 5) is 6.72. The van der Waals surface area contributed by atoms with Gasteiger partial charge in [0.2, 0.25) is 0 Å². The van der Waals surface area contributed by atoms with Crippen LogP contribution in [0.3, 0.4) is 0 Å². The second-order valence-electron chi connectivity index (χ2n) is 3.22. The number of nitrogens with zero attached hydrogens (tertiary/aromatic N) is 2. The number of aromatic nitrogens is 1. The number of fused-ring (bicyclic) bond motifs is 1. The maximum Gasteiger partial charge on any atom is 0.191 e. The molecule has 3 nitrogen and oxygen atoms in total. The van der Waals surface area contributed by atoms with Gasteiger partial charge in [0.05, 0.1) is 5.69 Å². The normalized spacial score (nSPS) is 17.8. The van der Waals surface area contributed by atoms with Crippen LogP contribution in [-0.4, -0.2) is 23.0 Å². The van der Waals surface area contributed by atoms with Gasteiger partial charge in [-0.1, -0.05) is 6.92 Å². The quantitative estimate of drug-likeness (QED) is 0.631. The highest BCUT2D eigenvalue weighted by molar-refractivity contribution is 5.12. The number of hydrogen-bond acceptors (Lipinski definition) is 3. The Morgan fingerprint density at radius 2 is 2.42 bits per heavy atom. The van der Waals surface area contributed by atoms with Gasteiger partial charge in [-0.3, -0.25) is 4.90 Å². The van der Waals surface area contributed by atoms with E-state index in [1.807, 2.05) is 6.92 Å². The summed E-state index contributed by atoms with van der Waals surface area (Å²) < 4.78 is 5.46. The Hall–Kier alpha value is -0.830. The van der Waals surface area contributed by atoms with Gasteiger partial charge in [0, 0.05) is 26.4 Å². The summed E-state index contributed by atoms with van der Waals surface area (Å²) >= 11 is 0. The van der Waals surface area contributed by atoms with E-state index in [9.17, 15) is 0 Å². The SMILES string of the molecule is CCN1CCc2oc(C)nc2C1. The lowest BCUT2D eigenvalue weighted by molar-refractivity contribution is 0.252. The standard InChI is InChI=1S/C9H14N2O/c1-3-11-5-4-9-8(6-11)10-7(2)12-9/h3-6H2,1-2H3. The average Bonchev–Trinajstić information content (AvgIpc) is 2.43. The lowest BCUT2D eigenvalue weighted by atomic mass is 10.2. The predicted octanol–water partition coefficient (Wildman–Crippen LogP) is 1.36. The first-order valence-corrected chi connectivity index (χ1v) is 4.47. The van der Waals surface area contributed by atoms with E-state index in [4.69, 9.17) is 4.42 Å². The van der Waals surface area contributed by atoms with Crippen molar-refractivity contribution >= 4 is 0 Å². The van der Waals surface area contributed by atoms with Crippen LogP contribution in [0.2, 0.25) is 0 Å². The Bertz CT molecular complexity index is 280. The maximum absolute atomic E-state index is 5.46. The monoisotopic (exact) mass is 166 g/mol. The van der Waals surface area contributed by atoms with E-state index in [2.05, 4.69) is 16.8 Å². The second kappa shape index (κ2) is 2.90. The largest absolute Gasteiger partial charge is 0.446 e. The third-order valence-corrected chi connectivity index (χ3v) is 2.36. The fraction of sp³-hybridized carbons (Fsp3) is 0.667. The predicted molar refractivity (Wildman–Crippen MR) is 45.9 cm³/mol. The Kier molecular flexibility index (Phi) is 1.89. The maximum atomic E-state index is 5.46. The Labute approximate surface area is 72.4 Å². The molecule has 0 bridgehead atoms.